The highest BCUT2D eigenvalue weighted by Crippen LogP contribution is 2.27. The average molecular weight is 450 g/mol. The molecule has 3 aromatic rings. The largest absolute Gasteiger partial charge is 0.495 e. The topological polar surface area (TPSA) is 44.8 Å². The smallest absolute Gasteiger partial charge is 0.255 e. The van der Waals surface area contributed by atoms with E-state index in [0.29, 0.717) is 22.0 Å². The monoisotopic (exact) mass is 449 g/mol. The molecule has 1 aliphatic rings. The normalized spacial score (nSPS) is 14.8. The van der Waals surface area contributed by atoms with Crippen molar-refractivity contribution in [3.63, 3.8) is 0 Å². The lowest BCUT2D eigenvalue weighted by Crippen LogP contribution is -2.45. The van der Waals surface area contributed by atoms with Crippen LogP contribution in [0.5, 0.6) is 5.75 Å². The molecule has 1 saturated heterocycles. The summed E-state index contributed by atoms with van der Waals surface area (Å²) < 4.78 is 5.15. The fourth-order valence-corrected chi connectivity index (χ4v) is 4.17. The van der Waals surface area contributed by atoms with Crippen LogP contribution < -0.4 is 10.1 Å². The van der Waals surface area contributed by atoms with Crippen LogP contribution in [-0.2, 0) is 13.1 Å². The third-order valence-electron chi connectivity index (χ3n) is 5.75. The molecule has 0 bridgehead atoms. The Morgan fingerprint density at radius 2 is 1.47 bits per heavy atom. The summed E-state index contributed by atoms with van der Waals surface area (Å²) in [5.41, 5.74) is 3.84. The summed E-state index contributed by atoms with van der Waals surface area (Å²) in [6.45, 7) is 6.15. The molecule has 3 aromatic carbocycles. The van der Waals surface area contributed by atoms with E-state index in [0.717, 1.165) is 39.3 Å². The van der Waals surface area contributed by atoms with Gasteiger partial charge in [-0.1, -0.05) is 54.1 Å². The van der Waals surface area contributed by atoms with Crippen LogP contribution in [0.4, 0.5) is 5.69 Å². The zero-order valence-corrected chi connectivity index (χ0v) is 19.0. The Bertz CT molecular complexity index is 1030. The van der Waals surface area contributed by atoms with Crippen molar-refractivity contribution < 1.29 is 9.53 Å². The minimum absolute atomic E-state index is 0.160. The fraction of sp³-hybridized carbons (Fsp3) is 0.269. The highest BCUT2D eigenvalue weighted by molar-refractivity contribution is 6.32. The molecule has 0 aliphatic carbocycles. The van der Waals surface area contributed by atoms with E-state index < -0.39 is 0 Å². The Kier molecular flexibility index (Phi) is 7.43. The second-order valence-corrected chi connectivity index (χ2v) is 8.45. The fourth-order valence-electron chi connectivity index (χ4n) is 3.91. The quantitative estimate of drug-likeness (QED) is 0.556. The summed E-state index contributed by atoms with van der Waals surface area (Å²) in [6, 6.07) is 23.6. The second-order valence-electron chi connectivity index (χ2n) is 8.04. The maximum Gasteiger partial charge on any atom is 0.255 e. The lowest BCUT2D eigenvalue weighted by molar-refractivity contribution is 0.102. The second kappa shape index (κ2) is 10.6. The molecule has 1 heterocycles. The van der Waals surface area contributed by atoms with Crippen molar-refractivity contribution in [1.82, 2.24) is 9.80 Å². The number of carbonyl (C=O) groups is 1. The number of hydrogen-bond donors (Lipinski definition) is 1. The van der Waals surface area contributed by atoms with Gasteiger partial charge < -0.3 is 10.1 Å². The molecule has 166 valence electrons. The molecular formula is C26H28ClN3O2. The lowest BCUT2D eigenvalue weighted by Gasteiger charge is -2.34. The molecule has 0 aromatic heterocycles. The third-order valence-corrected chi connectivity index (χ3v) is 6.04. The van der Waals surface area contributed by atoms with E-state index in [1.54, 1.807) is 25.3 Å². The van der Waals surface area contributed by atoms with Gasteiger partial charge in [-0.25, -0.2) is 0 Å². The van der Waals surface area contributed by atoms with E-state index >= 15 is 0 Å². The molecule has 1 N–H and O–H groups in total. The molecule has 0 atom stereocenters. The summed E-state index contributed by atoms with van der Waals surface area (Å²) >= 11 is 6.14. The highest BCUT2D eigenvalue weighted by atomic mass is 35.5. The van der Waals surface area contributed by atoms with Crippen molar-refractivity contribution in [3.8, 4) is 5.75 Å². The van der Waals surface area contributed by atoms with Gasteiger partial charge in [-0.3, -0.25) is 14.6 Å². The first-order chi connectivity index (χ1) is 15.6. The number of ether oxygens (including phenoxy) is 1. The van der Waals surface area contributed by atoms with Gasteiger partial charge in [0.05, 0.1) is 12.1 Å². The lowest BCUT2D eigenvalue weighted by atomic mass is 10.1. The molecule has 5 nitrogen and oxygen atoms in total. The average Bonchev–Trinajstić information content (AvgIpc) is 2.82. The van der Waals surface area contributed by atoms with Crippen LogP contribution in [0.25, 0.3) is 0 Å². The number of hydrogen-bond acceptors (Lipinski definition) is 4. The minimum atomic E-state index is -0.160. The van der Waals surface area contributed by atoms with Crippen LogP contribution in [0, 0.1) is 0 Å². The molecule has 0 saturated carbocycles. The first-order valence-electron chi connectivity index (χ1n) is 10.8. The Morgan fingerprint density at radius 1 is 0.875 bits per heavy atom. The van der Waals surface area contributed by atoms with Gasteiger partial charge in [-0.15, -0.1) is 0 Å². The van der Waals surface area contributed by atoms with Crippen molar-refractivity contribution in [2.45, 2.75) is 13.1 Å². The van der Waals surface area contributed by atoms with E-state index in [9.17, 15) is 4.79 Å². The van der Waals surface area contributed by atoms with Gasteiger partial charge in [0.15, 0.2) is 0 Å². The first-order valence-corrected chi connectivity index (χ1v) is 11.2. The Hall–Kier alpha value is -2.86. The Morgan fingerprint density at radius 3 is 2.03 bits per heavy atom. The van der Waals surface area contributed by atoms with Crippen molar-refractivity contribution in [1.29, 1.82) is 0 Å². The summed E-state index contributed by atoms with van der Waals surface area (Å²) in [5.74, 6) is 0.419. The molecule has 1 amide bonds. The zero-order chi connectivity index (χ0) is 22.3. The van der Waals surface area contributed by atoms with Crippen molar-refractivity contribution in [3.05, 3.63) is 94.5 Å². The first kappa shape index (κ1) is 22.3. The molecule has 1 aliphatic heterocycles. The standard InChI is InChI=1S/C26H28ClN3O2/c1-32-25-12-11-23(17-24(25)27)28-26(31)22-9-7-21(8-10-22)19-30-15-13-29(14-16-30)18-20-5-3-2-4-6-20/h2-12,17H,13-16,18-19H2,1H3,(H,28,31). The molecule has 6 heteroatoms. The van der Waals surface area contributed by atoms with Crippen molar-refractivity contribution in [2.75, 3.05) is 38.6 Å². The molecule has 0 spiro atoms. The van der Waals surface area contributed by atoms with Crippen LogP contribution in [0.3, 0.4) is 0 Å². The maximum absolute atomic E-state index is 12.6. The van der Waals surface area contributed by atoms with Gasteiger partial charge in [-0.05, 0) is 41.5 Å². The van der Waals surface area contributed by atoms with Crippen molar-refractivity contribution in [2.24, 2.45) is 0 Å². The van der Waals surface area contributed by atoms with E-state index in [4.69, 9.17) is 16.3 Å². The number of halogens is 1. The van der Waals surface area contributed by atoms with Crippen LogP contribution >= 0.6 is 11.6 Å². The number of anilines is 1. The van der Waals surface area contributed by atoms with Gasteiger partial charge in [-0.2, -0.15) is 0 Å². The molecule has 1 fully saturated rings. The molecule has 4 rings (SSSR count). The van der Waals surface area contributed by atoms with E-state index in [-0.39, 0.29) is 5.91 Å². The van der Waals surface area contributed by atoms with Crippen molar-refractivity contribution >= 4 is 23.2 Å². The molecule has 32 heavy (non-hydrogen) atoms. The number of piperazine rings is 1. The summed E-state index contributed by atoms with van der Waals surface area (Å²) in [5, 5.41) is 3.34. The minimum Gasteiger partial charge on any atom is -0.495 e. The Labute approximate surface area is 194 Å². The predicted molar refractivity (Wildman–Crippen MR) is 129 cm³/mol. The zero-order valence-electron chi connectivity index (χ0n) is 18.3. The van der Waals surface area contributed by atoms with Gasteiger partial charge in [0.2, 0.25) is 0 Å². The SMILES string of the molecule is COc1ccc(NC(=O)c2ccc(CN3CCN(Cc4ccccc4)CC3)cc2)cc1Cl. The van der Waals surface area contributed by atoms with E-state index in [1.807, 2.05) is 24.3 Å². The van der Waals surface area contributed by atoms with Crippen LogP contribution in [0.2, 0.25) is 5.02 Å². The molecule has 0 unspecified atom stereocenters. The summed E-state index contributed by atoms with van der Waals surface area (Å²) in [6.07, 6.45) is 0. The van der Waals surface area contributed by atoms with Gasteiger partial charge in [0.1, 0.15) is 5.75 Å². The van der Waals surface area contributed by atoms with E-state index in [1.165, 1.54) is 11.1 Å². The van der Waals surface area contributed by atoms with Crippen LogP contribution in [-0.4, -0.2) is 49.0 Å². The van der Waals surface area contributed by atoms with Gasteiger partial charge in [0, 0.05) is 50.5 Å². The van der Waals surface area contributed by atoms with E-state index in [2.05, 4.69) is 45.4 Å². The van der Waals surface area contributed by atoms with Gasteiger partial charge in [0.25, 0.3) is 5.91 Å². The maximum atomic E-state index is 12.6. The predicted octanol–water partition coefficient (Wildman–Crippen LogP) is 4.92. The summed E-state index contributed by atoms with van der Waals surface area (Å²) in [7, 11) is 1.56. The number of carbonyl (C=O) groups excluding carboxylic acids is 1. The number of amides is 1. The third kappa shape index (κ3) is 5.88. The number of nitrogens with zero attached hydrogens (tertiary/aromatic N) is 2. The molecular weight excluding hydrogens is 422 g/mol. The Balaban J connectivity index is 1.26. The van der Waals surface area contributed by atoms with Crippen LogP contribution in [0.1, 0.15) is 21.5 Å². The number of methoxy groups -OCH3 is 1. The van der Waals surface area contributed by atoms with Crippen LogP contribution in [0.15, 0.2) is 72.8 Å². The number of nitrogens with one attached hydrogen (secondary N) is 1. The highest BCUT2D eigenvalue weighted by Gasteiger charge is 2.17. The summed E-state index contributed by atoms with van der Waals surface area (Å²) in [4.78, 5) is 17.5. The molecule has 0 radical (unpaired) electrons. The number of benzene rings is 3. The van der Waals surface area contributed by atoms with Gasteiger partial charge >= 0.3 is 0 Å². The number of rotatable bonds is 7.